The number of carbonyl (C=O) groups is 3. The molecule has 0 aromatic heterocycles. The summed E-state index contributed by atoms with van der Waals surface area (Å²) in [5.41, 5.74) is 2.52. The number of hydrogen-bond acceptors (Lipinski definition) is 5. The first kappa shape index (κ1) is 37.3. The van der Waals surface area contributed by atoms with E-state index in [4.69, 9.17) is 46.4 Å². The molecule has 4 saturated carbocycles. The Kier molecular flexibility index (Phi) is 13.9. The van der Waals surface area contributed by atoms with E-state index in [0.717, 1.165) is 57.8 Å². The van der Waals surface area contributed by atoms with Crippen molar-refractivity contribution in [3.05, 3.63) is 0 Å². The molecular weight excluding hydrogens is 662 g/mol. The van der Waals surface area contributed by atoms with Crippen molar-refractivity contribution in [1.29, 1.82) is 0 Å². The first-order valence-corrected chi connectivity index (χ1v) is 18.9. The van der Waals surface area contributed by atoms with Crippen LogP contribution in [-0.2, 0) is 14.4 Å². The Balaban J connectivity index is 1.35. The molecule has 5 N–H and O–H groups in total. The quantitative estimate of drug-likeness (QED) is 0.114. The predicted octanol–water partition coefficient (Wildman–Crippen LogP) is 7.13. The van der Waals surface area contributed by atoms with Gasteiger partial charge >= 0.3 is 11.9 Å². The molecule has 0 bridgehead atoms. The van der Waals surface area contributed by atoms with Gasteiger partial charge < -0.3 is 20.7 Å². The topological polar surface area (TPSA) is 136 Å². The number of alkyl halides is 4. The van der Waals surface area contributed by atoms with Crippen LogP contribution in [0.1, 0.15) is 97.3 Å². The van der Waals surface area contributed by atoms with Crippen LogP contribution in [0.2, 0.25) is 0 Å². The highest BCUT2D eigenvalue weighted by molar-refractivity contribution is 6.25. The number of halogens is 4. The normalized spacial score (nSPS) is 43.3. The van der Waals surface area contributed by atoms with Crippen molar-refractivity contribution < 1.29 is 29.8 Å². The fourth-order valence-electron chi connectivity index (χ4n) is 9.66. The van der Waals surface area contributed by atoms with Crippen LogP contribution in [0, 0.1) is 53.3 Å². The number of nitrogens with one attached hydrogen (secondary N) is 2. The lowest BCUT2D eigenvalue weighted by molar-refractivity contribution is -0.149. The van der Waals surface area contributed by atoms with E-state index < -0.39 is 57.8 Å². The van der Waals surface area contributed by atoms with E-state index >= 15 is 0 Å². The number of carboxylic acid groups (broad SMARTS) is 2. The molecule has 4 fully saturated rings. The Bertz CT molecular complexity index is 1020. The van der Waals surface area contributed by atoms with E-state index in [1.165, 1.54) is 0 Å². The van der Waals surface area contributed by atoms with E-state index in [2.05, 4.69) is 24.6 Å². The number of amides is 1. The number of hydrogen-bond donors (Lipinski definition) is 5. The fourth-order valence-corrected chi connectivity index (χ4v) is 11.3. The standard InChI is InChI=1S/C33H52Cl4N2O6/c1-3-18-14-16(5-7-20(18)30(39-45)26-21(34)8-10-23(36)28(26)32(41)42)13-17-6-12-25(19(4-2)15-17)38-31(40)27-22(35)9-11-24(37)29(27)33(43)44/h16-30,39,45H,3-15H2,1-2H3,(H,38,40)(H,41,42)(H,43,44). The molecule has 0 aliphatic heterocycles. The van der Waals surface area contributed by atoms with Gasteiger partial charge in [-0.05, 0) is 93.8 Å². The molecule has 1 amide bonds. The Morgan fingerprint density at radius 2 is 1.20 bits per heavy atom. The zero-order chi connectivity index (χ0) is 33.0. The zero-order valence-electron chi connectivity index (χ0n) is 26.4. The molecule has 0 saturated heterocycles. The van der Waals surface area contributed by atoms with Gasteiger partial charge in [-0.25, -0.2) is 5.48 Å². The van der Waals surface area contributed by atoms with E-state index in [-0.39, 0.29) is 23.2 Å². The van der Waals surface area contributed by atoms with Crippen LogP contribution in [0.5, 0.6) is 0 Å². The maximum Gasteiger partial charge on any atom is 0.308 e. The Morgan fingerprint density at radius 3 is 1.76 bits per heavy atom. The van der Waals surface area contributed by atoms with Gasteiger partial charge in [0.2, 0.25) is 5.91 Å². The van der Waals surface area contributed by atoms with Gasteiger partial charge in [-0.1, -0.05) is 33.1 Å². The highest BCUT2D eigenvalue weighted by Crippen LogP contribution is 2.48. The summed E-state index contributed by atoms with van der Waals surface area (Å²) in [5.74, 6) is -3.51. The van der Waals surface area contributed by atoms with Gasteiger partial charge in [-0.15, -0.1) is 46.4 Å². The van der Waals surface area contributed by atoms with Gasteiger partial charge in [-0.2, -0.15) is 0 Å². The molecule has 0 spiro atoms. The van der Waals surface area contributed by atoms with Crippen molar-refractivity contribution in [3.63, 3.8) is 0 Å². The molecule has 15 atom stereocenters. The molecule has 0 radical (unpaired) electrons. The van der Waals surface area contributed by atoms with Gasteiger partial charge in [-0.3, -0.25) is 14.4 Å². The maximum atomic E-state index is 13.4. The Morgan fingerprint density at radius 1 is 0.689 bits per heavy atom. The lowest BCUT2D eigenvalue weighted by atomic mass is 9.62. The van der Waals surface area contributed by atoms with Gasteiger partial charge in [0, 0.05) is 39.5 Å². The van der Waals surface area contributed by atoms with E-state index in [9.17, 15) is 29.8 Å². The molecule has 45 heavy (non-hydrogen) atoms. The zero-order valence-corrected chi connectivity index (χ0v) is 29.5. The van der Waals surface area contributed by atoms with Crippen molar-refractivity contribution in [3.8, 4) is 0 Å². The number of hydroxylamine groups is 1. The average molecular weight is 715 g/mol. The summed E-state index contributed by atoms with van der Waals surface area (Å²) in [6.45, 7) is 4.32. The van der Waals surface area contributed by atoms with Gasteiger partial charge in [0.15, 0.2) is 0 Å². The van der Waals surface area contributed by atoms with Crippen molar-refractivity contribution >= 4 is 64.2 Å². The molecular formula is C33H52Cl4N2O6. The summed E-state index contributed by atoms with van der Waals surface area (Å²) in [5, 5.41) is 31.3. The second-order valence-electron chi connectivity index (χ2n) is 14.4. The molecule has 0 aromatic rings. The molecule has 4 aliphatic rings. The van der Waals surface area contributed by atoms with Crippen molar-refractivity contribution in [2.24, 2.45) is 53.3 Å². The second-order valence-corrected chi connectivity index (χ2v) is 16.7. The molecule has 0 aromatic carbocycles. The Hall–Kier alpha value is -0.510. The molecule has 4 rings (SSSR count). The summed E-state index contributed by atoms with van der Waals surface area (Å²) in [4.78, 5) is 37.6. The maximum absolute atomic E-state index is 13.4. The first-order valence-electron chi connectivity index (χ1n) is 17.1. The number of rotatable bonds is 11. The average Bonchev–Trinajstić information content (AvgIpc) is 3.00. The molecule has 8 nitrogen and oxygen atoms in total. The smallest absolute Gasteiger partial charge is 0.308 e. The monoisotopic (exact) mass is 712 g/mol. The van der Waals surface area contributed by atoms with Gasteiger partial charge in [0.25, 0.3) is 0 Å². The third kappa shape index (κ3) is 8.57. The predicted molar refractivity (Wildman–Crippen MR) is 177 cm³/mol. The summed E-state index contributed by atoms with van der Waals surface area (Å²) in [6, 6.07) is -0.425. The molecule has 15 unspecified atom stereocenters. The third-order valence-corrected chi connectivity index (χ3v) is 14.0. The van der Waals surface area contributed by atoms with Crippen LogP contribution in [0.15, 0.2) is 0 Å². The van der Waals surface area contributed by atoms with Crippen molar-refractivity contribution in [2.45, 2.75) is 131 Å². The summed E-state index contributed by atoms with van der Waals surface area (Å²) in [6.07, 6.45) is 11.0. The van der Waals surface area contributed by atoms with E-state index in [1.807, 2.05) is 0 Å². The van der Waals surface area contributed by atoms with E-state index in [0.29, 0.717) is 49.4 Å². The van der Waals surface area contributed by atoms with Crippen LogP contribution in [0.25, 0.3) is 0 Å². The number of carboxylic acids is 2. The molecule has 12 heteroatoms. The first-order chi connectivity index (χ1) is 21.4. The SMILES string of the molecule is CCC1CC(CC2CCC(C(NO)C3C(Cl)CCC(Cl)C3C(=O)O)C(CC)C2)CCC1NC(=O)C1C(Cl)CCC(Cl)C1C(=O)O. The largest absolute Gasteiger partial charge is 0.481 e. The fraction of sp³-hybridized carbons (Fsp3) is 0.909. The van der Waals surface area contributed by atoms with Crippen molar-refractivity contribution in [1.82, 2.24) is 10.8 Å². The summed E-state index contributed by atoms with van der Waals surface area (Å²) in [7, 11) is 0. The van der Waals surface area contributed by atoms with Crippen LogP contribution in [0.3, 0.4) is 0 Å². The minimum absolute atomic E-state index is 0.00444. The summed E-state index contributed by atoms with van der Waals surface area (Å²) >= 11 is 26.1. The third-order valence-electron chi connectivity index (χ3n) is 12.0. The lowest BCUT2D eigenvalue weighted by Gasteiger charge is -2.47. The highest BCUT2D eigenvalue weighted by Gasteiger charge is 2.50. The van der Waals surface area contributed by atoms with Crippen LogP contribution in [0.4, 0.5) is 0 Å². The van der Waals surface area contributed by atoms with Crippen LogP contribution < -0.4 is 10.8 Å². The van der Waals surface area contributed by atoms with Gasteiger partial charge in [0.05, 0.1) is 17.8 Å². The molecule has 4 aliphatic carbocycles. The van der Waals surface area contributed by atoms with E-state index in [1.54, 1.807) is 0 Å². The van der Waals surface area contributed by atoms with Crippen molar-refractivity contribution in [2.75, 3.05) is 0 Å². The minimum Gasteiger partial charge on any atom is -0.481 e. The van der Waals surface area contributed by atoms with Crippen LogP contribution >= 0.6 is 46.4 Å². The second kappa shape index (κ2) is 16.7. The van der Waals surface area contributed by atoms with Gasteiger partial charge in [0.1, 0.15) is 0 Å². The minimum atomic E-state index is -1.07. The van der Waals surface area contributed by atoms with Crippen LogP contribution in [-0.4, -0.2) is 66.9 Å². The lowest BCUT2D eigenvalue weighted by Crippen LogP contribution is -2.55. The highest BCUT2D eigenvalue weighted by atomic mass is 35.5. The number of carbonyl (C=O) groups excluding carboxylic acids is 1. The summed E-state index contributed by atoms with van der Waals surface area (Å²) < 4.78 is 0. The molecule has 258 valence electrons. The molecule has 0 heterocycles. The Labute approximate surface area is 288 Å². The number of aliphatic carboxylic acids is 2.